The fraction of sp³-hybridized carbons (Fsp3) is 0.600. The van der Waals surface area contributed by atoms with Crippen LogP contribution in [0.5, 0.6) is 11.5 Å². The van der Waals surface area contributed by atoms with E-state index in [1.807, 2.05) is 56.4 Å². The normalized spacial score (nSPS) is 12.6. The molecule has 0 saturated heterocycles. The molecule has 0 aliphatic rings. The van der Waals surface area contributed by atoms with E-state index in [0.29, 0.717) is 37.7 Å². The van der Waals surface area contributed by atoms with Crippen LogP contribution in [0.15, 0.2) is 24.3 Å². The molecule has 0 radical (unpaired) electrons. The quantitative estimate of drug-likeness (QED) is 0.200. The van der Waals surface area contributed by atoms with Gasteiger partial charge in [-0.3, -0.25) is 0 Å². The third-order valence-corrected chi connectivity index (χ3v) is 7.80. The van der Waals surface area contributed by atoms with Crippen LogP contribution in [-0.4, -0.2) is 121 Å². The summed E-state index contributed by atoms with van der Waals surface area (Å²) in [5, 5.41) is 0. The lowest BCUT2D eigenvalue weighted by Gasteiger charge is -2.29. The molecule has 11 heteroatoms. The summed E-state index contributed by atoms with van der Waals surface area (Å²) in [6.07, 6.45) is 0. The van der Waals surface area contributed by atoms with Gasteiger partial charge in [0.1, 0.15) is 11.5 Å². The van der Waals surface area contributed by atoms with Crippen LogP contribution in [0.1, 0.15) is 33.4 Å². The average molecular weight is 628 g/mol. The molecule has 0 saturated carbocycles. The second-order valence-electron chi connectivity index (χ2n) is 12.6. The third-order valence-electron chi connectivity index (χ3n) is 5.99. The van der Waals surface area contributed by atoms with Crippen molar-refractivity contribution in [1.82, 2.24) is 29.4 Å². The molecular weight excluding hydrogens is 575 g/mol. The van der Waals surface area contributed by atoms with Gasteiger partial charge < -0.3 is 38.3 Å². The average Bonchev–Trinajstić information content (AvgIpc) is 2.76. The van der Waals surface area contributed by atoms with Crippen molar-refractivity contribution in [3.05, 3.63) is 57.6 Å². The molecule has 0 amide bonds. The molecule has 41 heavy (non-hydrogen) atoms. The summed E-state index contributed by atoms with van der Waals surface area (Å²) in [5.41, 5.74) is 6.58. The predicted octanol–water partition coefficient (Wildman–Crippen LogP) is 4.43. The Labute approximate surface area is 259 Å². The van der Waals surface area contributed by atoms with Crippen LogP contribution < -0.4 is 8.85 Å². The zero-order valence-corrected chi connectivity index (χ0v) is 29.8. The zero-order valence-electron chi connectivity index (χ0n) is 27.3. The van der Waals surface area contributed by atoms with E-state index in [-0.39, 0.29) is 0 Å². The second-order valence-corrected chi connectivity index (χ2v) is 17.5. The van der Waals surface area contributed by atoms with E-state index in [0.717, 1.165) is 35.3 Å². The van der Waals surface area contributed by atoms with Crippen molar-refractivity contribution in [2.75, 3.05) is 84.6 Å². The van der Waals surface area contributed by atoms with Crippen molar-refractivity contribution < 1.29 is 8.85 Å². The van der Waals surface area contributed by atoms with Crippen LogP contribution in [0.2, 0.25) is 0 Å². The van der Waals surface area contributed by atoms with Gasteiger partial charge in [-0.2, -0.15) is 0 Å². The molecule has 0 fully saturated rings. The Kier molecular flexibility index (Phi) is 13.9. The third kappa shape index (κ3) is 12.4. The highest BCUT2D eigenvalue weighted by molar-refractivity contribution is 7.39. The van der Waals surface area contributed by atoms with Gasteiger partial charge >= 0.3 is 7.18 Å². The summed E-state index contributed by atoms with van der Waals surface area (Å²) in [6.45, 7) is 4.39. The first-order chi connectivity index (χ1) is 19.0. The first kappa shape index (κ1) is 35.8. The van der Waals surface area contributed by atoms with E-state index in [9.17, 15) is 0 Å². The van der Waals surface area contributed by atoms with Crippen LogP contribution in [0, 0.1) is 0 Å². The van der Waals surface area contributed by atoms with E-state index >= 15 is 0 Å². The van der Waals surface area contributed by atoms with Crippen molar-refractivity contribution in [1.29, 1.82) is 0 Å². The first-order valence-electron chi connectivity index (χ1n) is 13.9. The monoisotopic (exact) mass is 626 g/mol. The number of nitrogens with zero attached hydrogens (tertiary/aromatic N) is 6. The van der Waals surface area contributed by atoms with Gasteiger partial charge in [0, 0.05) is 61.5 Å². The Bertz CT molecular complexity index is 979. The molecule has 2 aromatic rings. The number of benzene rings is 2. The molecular formula is C30H52Cl2N6O2Si. The van der Waals surface area contributed by atoms with Crippen molar-refractivity contribution >= 4 is 29.3 Å². The summed E-state index contributed by atoms with van der Waals surface area (Å²) >= 11 is 14.2. The van der Waals surface area contributed by atoms with E-state index < -0.39 is 7.18 Å². The fourth-order valence-electron chi connectivity index (χ4n) is 4.92. The van der Waals surface area contributed by atoms with Crippen molar-refractivity contribution in [2.45, 2.75) is 39.3 Å². The summed E-state index contributed by atoms with van der Waals surface area (Å²) in [5.74, 6) is 1.42. The fourth-order valence-corrected chi connectivity index (χ4v) is 6.89. The highest BCUT2D eigenvalue weighted by Crippen LogP contribution is 2.37. The number of hydrogen-bond donors (Lipinski definition) is 0. The molecule has 0 aromatic heterocycles. The van der Waals surface area contributed by atoms with Gasteiger partial charge in [0.2, 0.25) is 0 Å². The number of rotatable bonds is 16. The van der Waals surface area contributed by atoms with Gasteiger partial charge in [-0.1, -0.05) is 22.2 Å². The Morgan fingerprint density at radius 2 is 0.659 bits per heavy atom. The van der Waals surface area contributed by atoms with E-state index in [1.54, 1.807) is 0 Å². The van der Waals surface area contributed by atoms with Crippen molar-refractivity contribution in [3.63, 3.8) is 0 Å². The maximum absolute atomic E-state index is 7.08. The smallest absolute Gasteiger partial charge is 0.490 e. The Morgan fingerprint density at radius 3 is 0.854 bits per heavy atom. The first-order valence-corrected chi connectivity index (χ1v) is 17.7. The topological polar surface area (TPSA) is 37.9 Å². The van der Waals surface area contributed by atoms with Gasteiger partial charge in [0.05, 0.1) is 0 Å². The standard InChI is InChI=1S/C30H52Cl2N6O2Si/c1-33(2)17-23-13-25(19-35(5)6)29(26(14-23)20-36(7)8)39-41(31,32)40-30-27(21-37(9)10)15-24(18-34(3)4)16-28(30)22-38(11)12/h13-16H,17-22H2,1-12H3. The molecule has 0 spiro atoms. The van der Waals surface area contributed by atoms with Crippen molar-refractivity contribution in [3.8, 4) is 11.5 Å². The minimum absolute atomic E-state index is 0.687. The Morgan fingerprint density at radius 1 is 0.439 bits per heavy atom. The minimum Gasteiger partial charge on any atom is -0.490 e. The SMILES string of the molecule is CN(C)Cc1cc(CN(C)C)c(O[Si](Cl)(Cl)Oc2c(CN(C)C)cc(CN(C)C)cc2CN(C)C)c(CN(C)C)c1. The van der Waals surface area contributed by atoms with Crippen LogP contribution >= 0.6 is 22.2 Å². The van der Waals surface area contributed by atoms with Gasteiger partial charge in [0.15, 0.2) is 0 Å². The highest BCUT2D eigenvalue weighted by atomic mass is 35.7. The van der Waals surface area contributed by atoms with Gasteiger partial charge in [0.25, 0.3) is 0 Å². The van der Waals surface area contributed by atoms with E-state index in [2.05, 4.69) is 81.9 Å². The van der Waals surface area contributed by atoms with Gasteiger partial charge in [-0.05, 0) is 120 Å². The molecule has 0 heterocycles. The van der Waals surface area contributed by atoms with E-state index in [4.69, 9.17) is 31.0 Å². The van der Waals surface area contributed by atoms with Crippen LogP contribution in [0.25, 0.3) is 0 Å². The molecule has 0 aliphatic heterocycles. The summed E-state index contributed by atoms with van der Waals surface area (Å²) < 4.78 is 13.2. The van der Waals surface area contributed by atoms with E-state index in [1.165, 1.54) is 11.1 Å². The largest absolute Gasteiger partial charge is 0.681 e. The molecule has 0 aliphatic carbocycles. The van der Waals surface area contributed by atoms with Crippen LogP contribution in [0.3, 0.4) is 0 Å². The van der Waals surface area contributed by atoms with Crippen molar-refractivity contribution in [2.24, 2.45) is 0 Å². The second kappa shape index (κ2) is 15.9. The zero-order chi connectivity index (χ0) is 31.1. The van der Waals surface area contributed by atoms with Crippen LogP contribution in [-0.2, 0) is 39.3 Å². The lowest BCUT2D eigenvalue weighted by atomic mass is 10.0. The lowest BCUT2D eigenvalue weighted by Crippen LogP contribution is -2.39. The molecule has 232 valence electrons. The molecule has 0 atom stereocenters. The van der Waals surface area contributed by atoms with Gasteiger partial charge in [-0.25, -0.2) is 0 Å². The Hall–Kier alpha value is -1.40. The summed E-state index contributed by atoms with van der Waals surface area (Å²) in [6, 6.07) is 8.77. The minimum atomic E-state index is -3.76. The molecule has 0 N–H and O–H groups in total. The molecule has 8 nitrogen and oxygen atoms in total. The van der Waals surface area contributed by atoms with Gasteiger partial charge in [-0.15, -0.1) is 0 Å². The molecule has 0 bridgehead atoms. The molecule has 2 rings (SSSR count). The maximum atomic E-state index is 7.08. The summed E-state index contributed by atoms with van der Waals surface area (Å²) in [7, 11) is 20.9. The predicted molar refractivity (Wildman–Crippen MR) is 176 cm³/mol. The maximum Gasteiger partial charge on any atom is 0.681 e. The molecule has 0 unspecified atom stereocenters. The lowest BCUT2D eigenvalue weighted by molar-refractivity contribution is 0.357. The number of halogens is 2. The Balaban J connectivity index is 2.64. The number of hydrogen-bond acceptors (Lipinski definition) is 8. The van der Waals surface area contributed by atoms with Crippen LogP contribution in [0.4, 0.5) is 0 Å². The highest BCUT2D eigenvalue weighted by Gasteiger charge is 2.42. The summed E-state index contributed by atoms with van der Waals surface area (Å²) in [4.78, 5) is 12.8. The molecule has 2 aromatic carbocycles.